The highest BCUT2D eigenvalue weighted by Gasteiger charge is 2.40. The van der Waals surface area contributed by atoms with Crippen LogP contribution in [-0.4, -0.2) is 42.9 Å². The molecule has 1 aromatic carbocycles. The predicted octanol–water partition coefficient (Wildman–Crippen LogP) is 2.57. The second kappa shape index (κ2) is 5.42. The van der Waals surface area contributed by atoms with E-state index >= 15 is 0 Å². The lowest BCUT2D eigenvalue weighted by Gasteiger charge is -2.37. The van der Waals surface area contributed by atoms with E-state index in [2.05, 4.69) is 15.9 Å². The van der Waals surface area contributed by atoms with Crippen molar-refractivity contribution in [2.75, 3.05) is 26.3 Å². The van der Waals surface area contributed by atoms with Crippen LogP contribution in [0.1, 0.15) is 23.2 Å². The second-order valence-electron chi connectivity index (χ2n) is 5.06. The van der Waals surface area contributed by atoms with Crippen molar-refractivity contribution in [1.82, 2.24) is 4.90 Å². The van der Waals surface area contributed by atoms with Gasteiger partial charge in [-0.1, -0.05) is 15.9 Å². The Kier molecular flexibility index (Phi) is 3.79. The number of hydrogen-bond acceptors (Lipinski definition) is 3. The van der Waals surface area contributed by atoms with E-state index in [1.807, 2.05) is 0 Å². The average molecular weight is 344 g/mol. The Bertz CT molecular complexity index is 501. The third-order valence-electron chi connectivity index (χ3n) is 3.74. The van der Waals surface area contributed by atoms with Gasteiger partial charge in [-0.2, -0.15) is 0 Å². The Balaban J connectivity index is 1.69. The van der Waals surface area contributed by atoms with Crippen molar-refractivity contribution in [2.24, 2.45) is 0 Å². The maximum atomic E-state index is 13.4. The van der Waals surface area contributed by atoms with Crippen molar-refractivity contribution < 1.29 is 18.7 Å². The number of carbonyl (C=O) groups is 1. The zero-order valence-corrected chi connectivity index (χ0v) is 12.5. The van der Waals surface area contributed by atoms with Gasteiger partial charge in [0, 0.05) is 36.0 Å². The van der Waals surface area contributed by atoms with Gasteiger partial charge in [-0.25, -0.2) is 4.39 Å². The summed E-state index contributed by atoms with van der Waals surface area (Å²) in [4.78, 5) is 14.1. The monoisotopic (exact) mass is 343 g/mol. The molecule has 4 nitrogen and oxygen atoms in total. The Morgan fingerprint density at radius 2 is 1.85 bits per heavy atom. The molecule has 1 aromatic rings. The number of rotatable bonds is 1. The van der Waals surface area contributed by atoms with Crippen LogP contribution in [0, 0.1) is 5.82 Å². The van der Waals surface area contributed by atoms with E-state index in [4.69, 9.17) is 9.47 Å². The van der Waals surface area contributed by atoms with E-state index in [0.717, 1.165) is 0 Å². The summed E-state index contributed by atoms with van der Waals surface area (Å²) in [5.74, 6) is -1.07. The highest BCUT2D eigenvalue weighted by molar-refractivity contribution is 9.10. The number of nitrogens with zero attached hydrogens (tertiary/aromatic N) is 1. The molecule has 1 amide bonds. The molecule has 0 atom stereocenters. The van der Waals surface area contributed by atoms with Gasteiger partial charge < -0.3 is 14.4 Å². The maximum Gasteiger partial charge on any atom is 0.254 e. The van der Waals surface area contributed by atoms with Gasteiger partial charge in [0.15, 0.2) is 5.79 Å². The fourth-order valence-electron chi connectivity index (χ4n) is 2.70. The summed E-state index contributed by atoms with van der Waals surface area (Å²) in [6.45, 7) is 2.36. The molecule has 1 spiro atoms. The van der Waals surface area contributed by atoms with Crippen LogP contribution in [0.2, 0.25) is 0 Å². The fraction of sp³-hybridized carbons (Fsp3) is 0.500. The highest BCUT2D eigenvalue weighted by atomic mass is 79.9. The van der Waals surface area contributed by atoms with Gasteiger partial charge in [-0.3, -0.25) is 4.79 Å². The Morgan fingerprint density at radius 1 is 1.20 bits per heavy atom. The predicted molar refractivity (Wildman–Crippen MR) is 73.9 cm³/mol. The van der Waals surface area contributed by atoms with E-state index in [1.165, 1.54) is 12.1 Å². The van der Waals surface area contributed by atoms with E-state index in [-0.39, 0.29) is 5.91 Å². The Hall–Kier alpha value is -0.980. The van der Waals surface area contributed by atoms with Gasteiger partial charge in [0.2, 0.25) is 0 Å². The third-order valence-corrected chi connectivity index (χ3v) is 4.19. The number of carbonyl (C=O) groups excluding carboxylic acids is 1. The normalized spacial score (nSPS) is 21.4. The zero-order chi connectivity index (χ0) is 14.2. The molecule has 2 heterocycles. The lowest BCUT2D eigenvalue weighted by Crippen LogP contribution is -2.47. The third kappa shape index (κ3) is 2.73. The number of piperidine rings is 1. The van der Waals surface area contributed by atoms with E-state index in [1.54, 1.807) is 11.0 Å². The first-order valence-corrected chi connectivity index (χ1v) is 7.41. The number of hydrogen-bond donors (Lipinski definition) is 0. The van der Waals surface area contributed by atoms with Gasteiger partial charge in [0.1, 0.15) is 5.82 Å². The second-order valence-corrected chi connectivity index (χ2v) is 5.97. The molecule has 0 saturated carbocycles. The molecule has 2 saturated heterocycles. The standard InChI is InChI=1S/C14H15BrFNO3/c15-11-7-10(8-12(16)9-11)13(18)17-3-1-14(2-4-17)19-5-6-20-14/h7-9H,1-6H2. The minimum Gasteiger partial charge on any atom is -0.347 e. The molecule has 2 fully saturated rings. The van der Waals surface area contributed by atoms with Crippen LogP contribution in [0.25, 0.3) is 0 Å². The lowest BCUT2D eigenvalue weighted by molar-refractivity contribution is -0.181. The van der Waals surface area contributed by atoms with E-state index in [0.29, 0.717) is 49.2 Å². The van der Waals surface area contributed by atoms with Gasteiger partial charge in [-0.15, -0.1) is 0 Å². The molecule has 2 aliphatic heterocycles. The van der Waals surface area contributed by atoms with Crippen molar-refractivity contribution >= 4 is 21.8 Å². The number of ether oxygens (including phenoxy) is 2. The highest BCUT2D eigenvalue weighted by Crippen LogP contribution is 2.31. The lowest BCUT2D eigenvalue weighted by atomic mass is 10.0. The minimum atomic E-state index is -0.501. The van der Waals surface area contributed by atoms with Crippen LogP contribution < -0.4 is 0 Å². The van der Waals surface area contributed by atoms with Crippen molar-refractivity contribution in [3.05, 3.63) is 34.1 Å². The molecular formula is C14H15BrFNO3. The van der Waals surface area contributed by atoms with Crippen LogP contribution in [0.3, 0.4) is 0 Å². The van der Waals surface area contributed by atoms with Crippen molar-refractivity contribution in [1.29, 1.82) is 0 Å². The summed E-state index contributed by atoms with van der Waals surface area (Å²) >= 11 is 3.20. The van der Waals surface area contributed by atoms with Crippen molar-refractivity contribution in [3.63, 3.8) is 0 Å². The Labute approximate surface area is 125 Å². The first-order chi connectivity index (χ1) is 9.58. The van der Waals surface area contributed by atoms with Crippen LogP contribution in [0.5, 0.6) is 0 Å². The molecule has 0 aromatic heterocycles. The van der Waals surface area contributed by atoms with Gasteiger partial charge in [0.05, 0.1) is 13.2 Å². The zero-order valence-electron chi connectivity index (χ0n) is 10.9. The van der Waals surface area contributed by atoms with E-state index < -0.39 is 11.6 Å². The molecule has 0 aliphatic carbocycles. The first kappa shape index (κ1) is 14.0. The number of halogens is 2. The molecule has 0 N–H and O–H groups in total. The number of amides is 1. The van der Waals surface area contributed by atoms with Crippen LogP contribution in [0.4, 0.5) is 4.39 Å². The summed E-state index contributed by atoms with van der Waals surface area (Å²) in [5.41, 5.74) is 0.362. The quantitative estimate of drug-likeness (QED) is 0.786. The fourth-order valence-corrected chi connectivity index (χ4v) is 3.16. The molecular weight excluding hydrogens is 329 g/mol. The molecule has 0 unspecified atom stereocenters. The number of likely N-dealkylation sites (tertiary alicyclic amines) is 1. The van der Waals surface area contributed by atoms with Gasteiger partial charge >= 0.3 is 0 Å². The molecule has 2 aliphatic rings. The van der Waals surface area contributed by atoms with Crippen LogP contribution in [0.15, 0.2) is 22.7 Å². The summed E-state index contributed by atoms with van der Waals surface area (Å²) in [6, 6.07) is 4.24. The summed E-state index contributed by atoms with van der Waals surface area (Å²) in [6.07, 6.45) is 1.32. The van der Waals surface area contributed by atoms with Crippen molar-refractivity contribution in [2.45, 2.75) is 18.6 Å². The molecule has 20 heavy (non-hydrogen) atoms. The molecule has 108 valence electrons. The van der Waals surface area contributed by atoms with E-state index in [9.17, 15) is 9.18 Å². The number of benzene rings is 1. The van der Waals surface area contributed by atoms with Gasteiger partial charge in [-0.05, 0) is 18.2 Å². The SMILES string of the molecule is O=C(c1cc(F)cc(Br)c1)N1CCC2(CC1)OCCO2. The smallest absolute Gasteiger partial charge is 0.254 e. The summed E-state index contributed by atoms with van der Waals surface area (Å²) in [5, 5.41) is 0. The minimum absolute atomic E-state index is 0.155. The maximum absolute atomic E-state index is 13.4. The summed E-state index contributed by atoms with van der Waals surface area (Å²) < 4.78 is 25.2. The van der Waals surface area contributed by atoms with Crippen LogP contribution >= 0.6 is 15.9 Å². The van der Waals surface area contributed by atoms with Gasteiger partial charge in [0.25, 0.3) is 5.91 Å². The largest absolute Gasteiger partial charge is 0.347 e. The molecule has 6 heteroatoms. The topological polar surface area (TPSA) is 38.8 Å². The molecule has 0 bridgehead atoms. The molecule has 3 rings (SSSR count). The van der Waals surface area contributed by atoms with Crippen LogP contribution in [-0.2, 0) is 9.47 Å². The van der Waals surface area contributed by atoms with Crippen molar-refractivity contribution in [3.8, 4) is 0 Å². The first-order valence-electron chi connectivity index (χ1n) is 6.61. The Morgan fingerprint density at radius 3 is 2.45 bits per heavy atom. The summed E-state index contributed by atoms with van der Waals surface area (Å²) in [7, 11) is 0. The molecule has 0 radical (unpaired) electrons. The average Bonchev–Trinajstić information content (AvgIpc) is 2.86.